The monoisotopic (exact) mass is 576 g/mol. The maximum absolute atomic E-state index is 12.6. The Balaban J connectivity index is 1.29. The van der Waals surface area contributed by atoms with Crippen LogP contribution in [0.1, 0.15) is 27.3 Å². The SMILES string of the molecule is COc1cc(/C=N/NC(=O)c2nnn(-c3nonc3N)c2C)cc(Br)c1OCc1cccc2ccccc12. The van der Waals surface area contributed by atoms with Crippen molar-refractivity contribution in [3.05, 3.63) is 81.6 Å². The van der Waals surface area contributed by atoms with Crippen LogP contribution in [0.25, 0.3) is 16.6 Å². The number of fused-ring (bicyclic) bond motifs is 1. The average Bonchev–Trinajstić information content (AvgIpc) is 3.52. The largest absolute Gasteiger partial charge is 0.493 e. The first kappa shape index (κ1) is 24.9. The second-order valence-corrected chi connectivity index (χ2v) is 8.92. The van der Waals surface area contributed by atoms with E-state index in [2.05, 4.69) is 69.9 Å². The first-order chi connectivity index (χ1) is 18.5. The number of amides is 1. The number of hydrogen-bond donors (Lipinski definition) is 2. The van der Waals surface area contributed by atoms with Gasteiger partial charge in [-0.05, 0) is 67.2 Å². The molecule has 12 nitrogen and oxygen atoms in total. The summed E-state index contributed by atoms with van der Waals surface area (Å²) in [5.74, 6) is 0.644. The minimum absolute atomic E-state index is 0.0204. The minimum atomic E-state index is -0.568. The number of halogens is 1. The number of anilines is 1. The molecule has 0 bridgehead atoms. The summed E-state index contributed by atoms with van der Waals surface area (Å²) < 4.78 is 18.2. The third-order valence-electron chi connectivity index (χ3n) is 5.69. The highest BCUT2D eigenvalue weighted by molar-refractivity contribution is 9.10. The third-order valence-corrected chi connectivity index (χ3v) is 6.28. The first-order valence-electron chi connectivity index (χ1n) is 11.3. The Morgan fingerprint density at radius 1 is 1.21 bits per heavy atom. The van der Waals surface area contributed by atoms with Crippen molar-refractivity contribution in [3.8, 4) is 17.3 Å². The van der Waals surface area contributed by atoms with E-state index in [4.69, 9.17) is 15.2 Å². The number of nitrogen functional groups attached to an aromatic ring is 1. The fraction of sp³-hybridized carbons (Fsp3) is 0.120. The van der Waals surface area contributed by atoms with Crippen molar-refractivity contribution in [2.75, 3.05) is 12.8 Å². The van der Waals surface area contributed by atoms with Crippen molar-refractivity contribution in [1.82, 2.24) is 30.7 Å². The van der Waals surface area contributed by atoms with Crippen LogP contribution in [0.5, 0.6) is 11.5 Å². The van der Waals surface area contributed by atoms with E-state index in [1.54, 1.807) is 26.2 Å². The number of aromatic nitrogens is 5. The molecule has 0 aliphatic rings. The Morgan fingerprint density at radius 2 is 2.03 bits per heavy atom. The van der Waals surface area contributed by atoms with Gasteiger partial charge in [-0.15, -0.1) is 5.10 Å². The summed E-state index contributed by atoms with van der Waals surface area (Å²) >= 11 is 3.55. The number of ether oxygens (including phenoxy) is 2. The standard InChI is InChI=1S/C25H21BrN8O4/c1-14-21(29-33-34(14)24-23(27)31-38-32-24)25(35)30-28-12-15-10-19(26)22(20(11-15)36-2)37-13-17-8-5-7-16-6-3-4-9-18(16)17/h3-12H,13H2,1-2H3,(H2,27,31)(H,30,35)/b28-12+. The molecule has 0 saturated carbocycles. The lowest BCUT2D eigenvalue weighted by molar-refractivity contribution is 0.0949. The summed E-state index contributed by atoms with van der Waals surface area (Å²) in [5.41, 5.74) is 10.3. The van der Waals surface area contributed by atoms with Gasteiger partial charge in [0.1, 0.15) is 6.61 Å². The van der Waals surface area contributed by atoms with Crippen molar-refractivity contribution in [2.24, 2.45) is 5.10 Å². The number of nitrogens with one attached hydrogen (secondary N) is 1. The molecule has 0 atom stereocenters. The molecule has 0 saturated heterocycles. The molecule has 0 aliphatic carbocycles. The Morgan fingerprint density at radius 3 is 2.82 bits per heavy atom. The van der Waals surface area contributed by atoms with Crippen molar-refractivity contribution in [1.29, 1.82) is 0 Å². The van der Waals surface area contributed by atoms with E-state index in [0.29, 0.717) is 33.8 Å². The van der Waals surface area contributed by atoms with Crippen LogP contribution < -0.4 is 20.6 Å². The molecule has 0 aliphatic heterocycles. The van der Waals surface area contributed by atoms with Crippen LogP contribution in [0.15, 0.2) is 68.8 Å². The molecule has 0 unspecified atom stereocenters. The number of benzene rings is 3. The highest BCUT2D eigenvalue weighted by Gasteiger charge is 2.20. The Hall–Kier alpha value is -4.78. The van der Waals surface area contributed by atoms with Crippen LogP contribution in [-0.2, 0) is 6.61 Å². The number of methoxy groups -OCH3 is 1. The normalized spacial score (nSPS) is 11.2. The fourth-order valence-electron chi connectivity index (χ4n) is 3.82. The zero-order chi connectivity index (χ0) is 26.6. The number of rotatable bonds is 8. The van der Waals surface area contributed by atoms with Gasteiger partial charge in [0, 0.05) is 0 Å². The lowest BCUT2D eigenvalue weighted by Crippen LogP contribution is -2.19. The lowest BCUT2D eigenvalue weighted by atomic mass is 10.1. The van der Waals surface area contributed by atoms with Gasteiger partial charge < -0.3 is 15.2 Å². The van der Waals surface area contributed by atoms with E-state index in [9.17, 15) is 4.79 Å². The minimum Gasteiger partial charge on any atom is -0.493 e. The molecule has 3 aromatic carbocycles. The number of carbonyl (C=O) groups is 1. The zero-order valence-corrected chi connectivity index (χ0v) is 21.8. The van der Waals surface area contributed by atoms with E-state index in [1.807, 2.05) is 24.3 Å². The molecule has 2 aromatic heterocycles. The average molecular weight is 577 g/mol. The second kappa shape index (κ2) is 10.7. The third kappa shape index (κ3) is 4.91. The van der Waals surface area contributed by atoms with Gasteiger partial charge in [0.05, 0.1) is 23.5 Å². The van der Waals surface area contributed by atoms with E-state index in [0.717, 1.165) is 16.3 Å². The fourth-order valence-corrected chi connectivity index (χ4v) is 4.39. The molecule has 3 N–H and O–H groups in total. The second-order valence-electron chi connectivity index (χ2n) is 8.07. The molecule has 1 amide bonds. The molecule has 0 radical (unpaired) electrons. The summed E-state index contributed by atoms with van der Waals surface area (Å²) in [7, 11) is 1.55. The smallest absolute Gasteiger partial charge is 0.293 e. The van der Waals surface area contributed by atoms with Gasteiger partial charge in [-0.3, -0.25) is 4.79 Å². The summed E-state index contributed by atoms with van der Waals surface area (Å²) in [6, 6.07) is 17.8. The number of hydrazone groups is 1. The molecular formula is C25H21BrN8O4. The van der Waals surface area contributed by atoms with Gasteiger partial charge in [-0.25, -0.2) is 10.1 Å². The van der Waals surface area contributed by atoms with Crippen LogP contribution in [0, 0.1) is 6.92 Å². The van der Waals surface area contributed by atoms with Crippen LogP contribution >= 0.6 is 15.9 Å². The predicted molar refractivity (Wildman–Crippen MR) is 142 cm³/mol. The molecule has 0 fully saturated rings. The Bertz CT molecular complexity index is 1660. The molecule has 2 heterocycles. The number of hydrogen-bond acceptors (Lipinski definition) is 10. The van der Waals surface area contributed by atoms with Gasteiger partial charge in [0.2, 0.25) is 11.6 Å². The molecular weight excluding hydrogens is 556 g/mol. The lowest BCUT2D eigenvalue weighted by Gasteiger charge is -2.14. The van der Waals surface area contributed by atoms with E-state index in [1.165, 1.54) is 10.9 Å². The maximum atomic E-state index is 12.6. The number of carbonyl (C=O) groups excluding carboxylic acids is 1. The molecule has 38 heavy (non-hydrogen) atoms. The first-order valence-corrected chi connectivity index (χ1v) is 12.1. The van der Waals surface area contributed by atoms with Gasteiger partial charge in [-0.1, -0.05) is 47.7 Å². The van der Waals surface area contributed by atoms with Crippen molar-refractivity contribution < 1.29 is 18.9 Å². The zero-order valence-electron chi connectivity index (χ0n) is 20.3. The van der Waals surface area contributed by atoms with Crippen molar-refractivity contribution >= 4 is 44.6 Å². The topological polar surface area (TPSA) is 156 Å². The highest BCUT2D eigenvalue weighted by Crippen LogP contribution is 2.37. The predicted octanol–water partition coefficient (Wildman–Crippen LogP) is 3.81. The van der Waals surface area contributed by atoms with E-state index < -0.39 is 5.91 Å². The van der Waals surface area contributed by atoms with Gasteiger partial charge >= 0.3 is 0 Å². The van der Waals surface area contributed by atoms with Crippen molar-refractivity contribution in [3.63, 3.8) is 0 Å². The number of nitrogens with zero attached hydrogens (tertiary/aromatic N) is 6. The maximum Gasteiger partial charge on any atom is 0.293 e. The molecule has 5 rings (SSSR count). The van der Waals surface area contributed by atoms with E-state index >= 15 is 0 Å². The molecule has 0 spiro atoms. The van der Waals surface area contributed by atoms with Crippen LogP contribution in [0.2, 0.25) is 0 Å². The summed E-state index contributed by atoms with van der Waals surface area (Å²) in [6.07, 6.45) is 1.47. The Kier molecular flexibility index (Phi) is 7.00. The molecule has 192 valence electrons. The van der Waals surface area contributed by atoms with Crippen LogP contribution in [0.4, 0.5) is 5.82 Å². The molecule has 13 heteroatoms. The van der Waals surface area contributed by atoms with Crippen molar-refractivity contribution in [2.45, 2.75) is 13.5 Å². The Labute approximate surface area is 224 Å². The summed E-state index contributed by atoms with van der Waals surface area (Å²) in [4.78, 5) is 12.6. The summed E-state index contributed by atoms with van der Waals surface area (Å²) in [5, 5.41) is 21.2. The quantitative estimate of drug-likeness (QED) is 0.207. The summed E-state index contributed by atoms with van der Waals surface area (Å²) in [6.45, 7) is 1.99. The van der Waals surface area contributed by atoms with Gasteiger partial charge in [-0.2, -0.15) is 9.78 Å². The van der Waals surface area contributed by atoms with Gasteiger partial charge in [0.15, 0.2) is 17.2 Å². The van der Waals surface area contributed by atoms with Crippen LogP contribution in [0.3, 0.4) is 0 Å². The van der Waals surface area contributed by atoms with Gasteiger partial charge in [0.25, 0.3) is 5.91 Å². The number of nitrogens with two attached hydrogens (primary N) is 1. The van der Waals surface area contributed by atoms with Crippen LogP contribution in [-0.4, -0.2) is 44.5 Å². The highest BCUT2D eigenvalue weighted by atomic mass is 79.9. The van der Waals surface area contributed by atoms with E-state index in [-0.39, 0.29) is 17.3 Å². The molecule has 5 aromatic rings.